The molecule has 1 saturated heterocycles. The fraction of sp³-hybridized carbons (Fsp3) is 0.500. The van der Waals surface area contributed by atoms with E-state index in [-0.39, 0.29) is 5.60 Å². The van der Waals surface area contributed by atoms with Crippen molar-refractivity contribution >= 4 is 5.82 Å². The number of rotatable bonds is 4. The van der Waals surface area contributed by atoms with E-state index in [0.29, 0.717) is 6.04 Å². The number of nitrogens with one attached hydrogen (secondary N) is 1. The van der Waals surface area contributed by atoms with E-state index >= 15 is 0 Å². The smallest absolute Gasteiger partial charge is 0.151 e. The third-order valence-electron chi connectivity index (χ3n) is 5.03. The zero-order valence-electron chi connectivity index (χ0n) is 15.0. The number of benzene rings is 1. The molecule has 4 rings (SSSR count). The van der Waals surface area contributed by atoms with Gasteiger partial charge in [-0.1, -0.05) is 12.1 Å². The van der Waals surface area contributed by atoms with Gasteiger partial charge < -0.3 is 15.0 Å². The Morgan fingerprint density at radius 1 is 1.32 bits per heavy atom. The van der Waals surface area contributed by atoms with Crippen molar-refractivity contribution in [3.8, 4) is 5.75 Å². The quantitative estimate of drug-likeness (QED) is 0.929. The van der Waals surface area contributed by atoms with Crippen LogP contribution in [0.25, 0.3) is 0 Å². The summed E-state index contributed by atoms with van der Waals surface area (Å²) in [6.45, 7) is 7.23. The molecular formula is C20H26N4O. The number of nitrogens with zero attached hydrogens (tertiary/aromatic N) is 3. The Kier molecular flexibility index (Phi) is 4.34. The van der Waals surface area contributed by atoms with Crippen LogP contribution < -0.4 is 15.0 Å². The summed E-state index contributed by atoms with van der Waals surface area (Å²) in [7, 11) is 0. The summed E-state index contributed by atoms with van der Waals surface area (Å²) in [6, 6.07) is 11.1. The van der Waals surface area contributed by atoms with Gasteiger partial charge in [-0.15, -0.1) is 5.10 Å². The normalized spacial score (nSPS) is 21.7. The molecule has 2 aliphatic rings. The lowest BCUT2D eigenvalue weighted by Gasteiger charge is -2.33. The number of piperidine rings is 1. The Balaban J connectivity index is 1.36. The van der Waals surface area contributed by atoms with E-state index in [4.69, 9.17) is 4.74 Å². The largest absolute Gasteiger partial charge is 0.487 e. The van der Waals surface area contributed by atoms with Crippen LogP contribution in [0.5, 0.6) is 5.75 Å². The van der Waals surface area contributed by atoms with Crippen LogP contribution in [-0.4, -0.2) is 34.9 Å². The molecule has 1 N–H and O–H groups in total. The van der Waals surface area contributed by atoms with E-state index in [2.05, 4.69) is 52.5 Å². The maximum Gasteiger partial charge on any atom is 0.151 e. The SMILES string of the molecule is CC1(C)Cc2cc(CNC3CCCN(c4cccnn4)C3)ccc2O1. The van der Waals surface area contributed by atoms with Gasteiger partial charge in [0.15, 0.2) is 5.82 Å². The van der Waals surface area contributed by atoms with Crippen molar-refractivity contribution in [1.29, 1.82) is 0 Å². The molecule has 25 heavy (non-hydrogen) atoms. The number of aromatic nitrogens is 2. The molecule has 3 heterocycles. The van der Waals surface area contributed by atoms with Crippen LogP contribution >= 0.6 is 0 Å². The first kappa shape index (κ1) is 16.3. The zero-order valence-corrected chi connectivity index (χ0v) is 15.0. The molecule has 0 amide bonds. The predicted molar refractivity (Wildman–Crippen MR) is 99.0 cm³/mol. The molecule has 2 aliphatic heterocycles. The zero-order chi connectivity index (χ0) is 17.3. The maximum atomic E-state index is 5.97. The van der Waals surface area contributed by atoms with Gasteiger partial charge in [-0.05, 0) is 56.0 Å². The van der Waals surface area contributed by atoms with Crippen molar-refractivity contribution in [2.24, 2.45) is 0 Å². The summed E-state index contributed by atoms with van der Waals surface area (Å²) >= 11 is 0. The van der Waals surface area contributed by atoms with Crippen LogP contribution in [0.2, 0.25) is 0 Å². The molecule has 5 heteroatoms. The van der Waals surface area contributed by atoms with Crippen LogP contribution in [0.4, 0.5) is 5.82 Å². The summed E-state index contributed by atoms with van der Waals surface area (Å²) in [5.74, 6) is 2.02. The van der Waals surface area contributed by atoms with Crippen LogP contribution in [0.1, 0.15) is 37.8 Å². The summed E-state index contributed by atoms with van der Waals surface area (Å²) < 4.78 is 5.97. The van der Waals surface area contributed by atoms with Crippen molar-refractivity contribution in [2.75, 3.05) is 18.0 Å². The molecule has 1 aromatic heterocycles. The molecule has 132 valence electrons. The Hall–Kier alpha value is -2.14. The Morgan fingerprint density at radius 3 is 3.08 bits per heavy atom. The lowest BCUT2D eigenvalue weighted by Crippen LogP contribution is -2.45. The minimum absolute atomic E-state index is 0.0744. The summed E-state index contributed by atoms with van der Waals surface area (Å²) in [4.78, 5) is 2.33. The van der Waals surface area contributed by atoms with E-state index in [1.165, 1.54) is 24.0 Å². The van der Waals surface area contributed by atoms with Crippen LogP contribution in [0.3, 0.4) is 0 Å². The van der Waals surface area contributed by atoms with Crippen LogP contribution in [-0.2, 0) is 13.0 Å². The molecule has 0 saturated carbocycles. The maximum absolute atomic E-state index is 5.97. The second-order valence-electron chi connectivity index (χ2n) is 7.73. The highest BCUT2D eigenvalue weighted by molar-refractivity contribution is 5.42. The minimum Gasteiger partial charge on any atom is -0.487 e. The van der Waals surface area contributed by atoms with Gasteiger partial charge >= 0.3 is 0 Å². The molecule has 0 radical (unpaired) electrons. The van der Waals surface area contributed by atoms with Gasteiger partial charge in [0.25, 0.3) is 0 Å². The van der Waals surface area contributed by atoms with E-state index in [1.807, 2.05) is 12.1 Å². The number of anilines is 1. The van der Waals surface area contributed by atoms with Gasteiger partial charge in [-0.3, -0.25) is 0 Å². The Labute approximate surface area is 149 Å². The van der Waals surface area contributed by atoms with Crippen molar-refractivity contribution in [3.05, 3.63) is 47.7 Å². The summed E-state index contributed by atoms with van der Waals surface area (Å²) in [5, 5.41) is 12.0. The second-order valence-corrected chi connectivity index (χ2v) is 7.73. The predicted octanol–water partition coefficient (Wildman–Crippen LogP) is 2.95. The monoisotopic (exact) mass is 338 g/mol. The van der Waals surface area contributed by atoms with Crippen molar-refractivity contribution < 1.29 is 4.74 Å². The molecule has 0 aliphatic carbocycles. The molecule has 1 fully saturated rings. The van der Waals surface area contributed by atoms with Gasteiger partial charge in [0.2, 0.25) is 0 Å². The molecular weight excluding hydrogens is 312 g/mol. The molecule has 0 spiro atoms. The fourth-order valence-electron chi connectivity index (χ4n) is 3.85. The first-order valence-electron chi connectivity index (χ1n) is 9.16. The number of hydrogen-bond donors (Lipinski definition) is 1. The molecule has 2 aromatic rings. The van der Waals surface area contributed by atoms with E-state index in [9.17, 15) is 0 Å². The first-order chi connectivity index (χ1) is 12.1. The average molecular weight is 338 g/mol. The number of hydrogen-bond acceptors (Lipinski definition) is 5. The third-order valence-corrected chi connectivity index (χ3v) is 5.03. The highest BCUT2D eigenvalue weighted by Crippen LogP contribution is 2.35. The van der Waals surface area contributed by atoms with Gasteiger partial charge in [0.1, 0.15) is 11.4 Å². The lowest BCUT2D eigenvalue weighted by atomic mass is 10.00. The van der Waals surface area contributed by atoms with E-state index in [0.717, 1.165) is 37.6 Å². The standard InChI is InChI=1S/C20H26N4O/c1-20(2)12-16-11-15(7-8-18(16)25-20)13-21-17-5-4-10-24(14-17)19-6-3-9-22-23-19/h3,6-9,11,17,21H,4-5,10,12-14H2,1-2H3. The molecule has 1 aromatic carbocycles. The Bertz CT molecular complexity index is 732. The molecule has 5 nitrogen and oxygen atoms in total. The third kappa shape index (κ3) is 3.76. The summed E-state index contributed by atoms with van der Waals surface area (Å²) in [5.41, 5.74) is 2.58. The number of ether oxygens (including phenoxy) is 1. The van der Waals surface area contributed by atoms with Crippen LogP contribution in [0, 0.1) is 0 Å². The minimum atomic E-state index is -0.0744. The van der Waals surface area contributed by atoms with Gasteiger partial charge in [0, 0.05) is 38.3 Å². The van der Waals surface area contributed by atoms with E-state index in [1.54, 1.807) is 6.20 Å². The topological polar surface area (TPSA) is 50.3 Å². The molecule has 1 unspecified atom stereocenters. The fourth-order valence-corrected chi connectivity index (χ4v) is 3.85. The number of fused-ring (bicyclic) bond motifs is 1. The Morgan fingerprint density at radius 2 is 2.24 bits per heavy atom. The highest BCUT2D eigenvalue weighted by atomic mass is 16.5. The van der Waals surface area contributed by atoms with Crippen molar-refractivity contribution in [3.63, 3.8) is 0 Å². The lowest BCUT2D eigenvalue weighted by molar-refractivity contribution is 0.138. The molecule has 0 bridgehead atoms. The van der Waals surface area contributed by atoms with Crippen LogP contribution in [0.15, 0.2) is 36.5 Å². The molecule has 1 atom stereocenters. The highest BCUT2D eigenvalue weighted by Gasteiger charge is 2.30. The second kappa shape index (κ2) is 6.64. The van der Waals surface area contributed by atoms with Gasteiger partial charge in [-0.2, -0.15) is 5.10 Å². The average Bonchev–Trinajstić information content (AvgIpc) is 2.94. The van der Waals surface area contributed by atoms with E-state index < -0.39 is 0 Å². The summed E-state index contributed by atoms with van der Waals surface area (Å²) in [6.07, 6.45) is 5.10. The van der Waals surface area contributed by atoms with Crippen molar-refractivity contribution in [2.45, 2.75) is 51.3 Å². The van der Waals surface area contributed by atoms with Crippen molar-refractivity contribution in [1.82, 2.24) is 15.5 Å². The first-order valence-corrected chi connectivity index (χ1v) is 9.16. The van der Waals surface area contributed by atoms with Gasteiger partial charge in [-0.25, -0.2) is 0 Å². The van der Waals surface area contributed by atoms with Gasteiger partial charge in [0.05, 0.1) is 0 Å².